The second-order valence-corrected chi connectivity index (χ2v) is 21.3. The molecule has 2 saturated carbocycles. The zero-order valence-electron chi connectivity index (χ0n) is 31.1. The first-order valence-corrected chi connectivity index (χ1v) is 22.9. The van der Waals surface area contributed by atoms with E-state index in [1.807, 2.05) is 12.4 Å². The molecule has 6 nitrogen and oxygen atoms in total. The minimum atomic E-state index is -2.49. The van der Waals surface area contributed by atoms with Crippen LogP contribution in [0.4, 0.5) is 22.7 Å². The second-order valence-electron chi connectivity index (χ2n) is 15.3. The van der Waals surface area contributed by atoms with Gasteiger partial charge in [0, 0.05) is 0 Å². The molecule has 0 amide bonds. The van der Waals surface area contributed by atoms with E-state index in [0.29, 0.717) is 5.66 Å². The first-order valence-electron chi connectivity index (χ1n) is 19.3. The first-order chi connectivity index (χ1) is 25.4. The molecule has 0 spiro atoms. The fourth-order valence-electron chi connectivity index (χ4n) is 9.29. The Hall–Kier alpha value is -3.98. The van der Waals surface area contributed by atoms with E-state index in [1.165, 1.54) is 103 Å². The van der Waals surface area contributed by atoms with E-state index in [0.717, 1.165) is 41.7 Å². The number of nitrogens with zero attached hydrogens (tertiary/aromatic N) is 6. The number of fused-ring (bicyclic) bond motifs is 2. The topological polar surface area (TPSA) is 58.0 Å². The van der Waals surface area contributed by atoms with Crippen molar-refractivity contribution < 1.29 is 0 Å². The number of rotatable bonds is 9. The molecule has 1 unspecified atom stereocenters. The molecule has 2 aliphatic carbocycles. The van der Waals surface area contributed by atoms with Gasteiger partial charge in [-0.25, -0.2) is 0 Å². The van der Waals surface area contributed by atoms with Crippen LogP contribution in [0.5, 0.6) is 0 Å². The van der Waals surface area contributed by atoms with Crippen LogP contribution in [0.3, 0.4) is 0 Å². The molecule has 52 heavy (non-hydrogen) atoms. The summed E-state index contributed by atoms with van der Waals surface area (Å²) in [5, 5.41) is 6.66. The van der Waals surface area contributed by atoms with E-state index in [2.05, 4.69) is 125 Å². The average Bonchev–Trinajstić information content (AvgIpc) is 3.20. The summed E-state index contributed by atoms with van der Waals surface area (Å²) in [5.74, 6) is 0. The van der Waals surface area contributed by atoms with Crippen LogP contribution in [-0.4, -0.2) is 52.0 Å². The minimum absolute atomic E-state index is 0.606. The van der Waals surface area contributed by atoms with Crippen LogP contribution in [0, 0.1) is 6.92 Å². The summed E-state index contributed by atoms with van der Waals surface area (Å²) < 4.78 is 0. The van der Waals surface area contributed by atoms with Crippen LogP contribution in [-0.2, 0) is 0 Å². The summed E-state index contributed by atoms with van der Waals surface area (Å²) in [6.45, 7) is 4.88. The number of aryl methyl sites for hydroxylation is 1. The van der Waals surface area contributed by atoms with Crippen LogP contribution >= 0.6 is 15.8 Å². The zero-order valence-corrected chi connectivity index (χ0v) is 33.1. The molecule has 0 radical (unpaired) electrons. The van der Waals surface area contributed by atoms with Gasteiger partial charge in [0.05, 0.1) is 0 Å². The molecule has 268 valence electrons. The standard InChI is InChI=1S/C44H52N6P2/c1-31-23-32-27-45-29-47-36(32)25-40(31)50(3)41-26-37-33(28-46-30-48-37)24-44(41)52(4,35-17-9-6-10-18-35)43-22-14-12-20-39(43)49(2)38-19-11-13-21-42(38)51-34-15-7-5-8-16-34/h11-14,19-30,34-35,51-52H,5-10,15-18H2,1-4H3. The molecule has 2 heterocycles. The molecular formula is C44H52N6P2. The second kappa shape index (κ2) is 15.2. The van der Waals surface area contributed by atoms with Crippen molar-refractivity contribution in [1.29, 1.82) is 0 Å². The van der Waals surface area contributed by atoms with Crippen molar-refractivity contribution in [2.45, 2.75) is 82.4 Å². The molecular weight excluding hydrogens is 674 g/mol. The van der Waals surface area contributed by atoms with Crippen LogP contribution < -0.4 is 25.7 Å². The molecule has 4 aromatic carbocycles. The summed E-state index contributed by atoms with van der Waals surface area (Å²) in [4.78, 5) is 23.2. The fourth-order valence-corrected chi connectivity index (χ4v) is 16.2. The molecule has 6 aromatic rings. The Morgan fingerprint density at radius 2 is 1.19 bits per heavy atom. The van der Waals surface area contributed by atoms with Gasteiger partial charge in [-0.1, -0.05) is 0 Å². The Morgan fingerprint density at radius 1 is 0.615 bits per heavy atom. The van der Waals surface area contributed by atoms with Gasteiger partial charge in [-0.2, -0.15) is 0 Å². The van der Waals surface area contributed by atoms with Crippen molar-refractivity contribution in [3.05, 3.63) is 103 Å². The van der Waals surface area contributed by atoms with Gasteiger partial charge in [-0.3, -0.25) is 0 Å². The van der Waals surface area contributed by atoms with E-state index >= 15 is 0 Å². The van der Waals surface area contributed by atoms with Crippen LogP contribution in [0.2, 0.25) is 0 Å². The third-order valence-corrected chi connectivity index (χ3v) is 19.2. The predicted molar refractivity (Wildman–Crippen MR) is 228 cm³/mol. The van der Waals surface area contributed by atoms with E-state index in [1.54, 1.807) is 12.7 Å². The molecule has 0 N–H and O–H groups in total. The van der Waals surface area contributed by atoms with Gasteiger partial charge in [0.2, 0.25) is 0 Å². The van der Waals surface area contributed by atoms with E-state index < -0.39 is 7.26 Å². The van der Waals surface area contributed by atoms with Gasteiger partial charge >= 0.3 is 313 Å². The van der Waals surface area contributed by atoms with Crippen molar-refractivity contribution >= 4 is 76.3 Å². The molecule has 2 aliphatic rings. The monoisotopic (exact) mass is 726 g/mol. The number of benzene rings is 4. The fraction of sp³-hybridized carbons (Fsp3) is 0.364. The van der Waals surface area contributed by atoms with Gasteiger partial charge in [0.1, 0.15) is 0 Å². The first kappa shape index (κ1) is 35.1. The third-order valence-electron chi connectivity index (χ3n) is 12.2. The Morgan fingerprint density at radius 3 is 1.90 bits per heavy atom. The summed E-state index contributed by atoms with van der Waals surface area (Å²) in [5.41, 5.74) is 9.65. The number of hydrogen-bond acceptors (Lipinski definition) is 6. The SMILES string of the molecule is Cc1cc2cncnc2cc1N(C)c1cc2ncncc2cc1[PH](C)(c1ccccc1N(C)c1ccccc1PC1CCCCC1)C1CCCCC1. The average molecular weight is 727 g/mol. The summed E-state index contributed by atoms with van der Waals surface area (Å²) in [7, 11) is 2.91. The molecule has 0 bridgehead atoms. The summed E-state index contributed by atoms with van der Waals surface area (Å²) in [6.07, 6.45) is 20.6. The van der Waals surface area contributed by atoms with Crippen LogP contribution in [0.15, 0.2) is 97.8 Å². The normalized spacial score (nSPS) is 16.5. The molecule has 0 saturated heterocycles. The number of para-hydroxylation sites is 2. The molecule has 2 aromatic heterocycles. The molecule has 1 atom stereocenters. The zero-order chi connectivity index (χ0) is 35.7. The van der Waals surface area contributed by atoms with E-state index in [-0.39, 0.29) is 0 Å². The van der Waals surface area contributed by atoms with Gasteiger partial charge in [-0.05, 0) is 0 Å². The van der Waals surface area contributed by atoms with Crippen molar-refractivity contribution in [2.75, 3.05) is 30.6 Å². The summed E-state index contributed by atoms with van der Waals surface area (Å²) in [6, 6.07) is 27.9. The van der Waals surface area contributed by atoms with Crippen molar-refractivity contribution in [1.82, 2.24) is 19.9 Å². The van der Waals surface area contributed by atoms with Gasteiger partial charge in [-0.15, -0.1) is 0 Å². The Kier molecular flexibility index (Phi) is 10.2. The molecule has 0 aliphatic heterocycles. The number of aromatic nitrogens is 4. The van der Waals surface area contributed by atoms with Crippen molar-refractivity contribution in [3.63, 3.8) is 0 Å². The van der Waals surface area contributed by atoms with Gasteiger partial charge in [0.15, 0.2) is 0 Å². The Bertz CT molecular complexity index is 2190. The number of anilines is 4. The van der Waals surface area contributed by atoms with Gasteiger partial charge in [0.25, 0.3) is 0 Å². The van der Waals surface area contributed by atoms with E-state index in [4.69, 9.17) is 4.98 Å². The summed E-state index contributed by atoms with van der Waals surface area (Å²) >= 11 is 0. The molecule has 8 heteroatoms. The van der Waals surface area contributed by atoms with Crippen LogP contribution in [0.25, 0.3) is 21.8 Å². The van der Waals surface area contributed by atoms with Crippen LogP contribution in [0.1, 0.15) is 69.8 Å². The van der Waals surface area contributed by atoms with Gasteiger partial charge < -0.3 is 0 Å². The number of hydrogen-bond donors (Lipinski definition) is 0. The maximum atomic E-state index is 4.79. The third kappa shape index (κ3) is 6.70. The van der Waals surface area contributed by atoms with E-state index in [9.17, 15) is 0 Å². The quantitative estimate of drug-likeness (QED) is 0.138. The predicted octanol–water partition coefficient (Wildman–Crippen LogP) is 9.72. The Balaban J connectivity index is 1.31. The Labute approximate surface area is 311 Å². The van der Waals surface area contributed by atoms with Crippen molar-refractivity contribution in [3.8, 4) is 0 Å². The molecule has 8 rings (SSSR count). The maximum absolute atomic E-state index is 4.79. The molecule has 2 fully saturated rings. The van der Waals surface area contributed by atoms with Crippen molar-refractivity contribution in [2.24, 2.45) is 0 Å².